The maximum absolute atomic E-state index is 2.76. The van der Waals surface area contributed by atoms with E-state index >= 15 is 0 Å². The topological polar surface area (TPSA) is 9.72 Å². The number of likely N-dealkylation sites (tertiary alicyclic amines) is 1. The van der Waals surface area contributed by atoms with Crippen molar-refractivity contribution in [2.45, 2.75) is 51.5 Å². The number of anilines is 1. The van der Waals surface area contributed by atoms with Crippen molar-refractivity contribution >= 4 is 18.1 Å². The number of halogens is 1. The molecule has 0 aromatic heterocycles. The van der Waals surface area contributed by atoms with Crippen LogP contribution in [0, 0.1) is 0 Å². The average molecular weight is 442 g/mol. The van der Waals surface area contributed by atoms with Gasteiger partial charge in [0.25, 0.3) is 0 Å². The van der Waals surface area contributed by atoms with Gasteiger partial charge in [-0.15, -0.1) is 12.4 Å². The maximum atomic E-state index is 2.76. The number of unbranched alkanes of at least 4 members (excludes halogenated alkanes) is 1. The molecular weight excluding hydrogens is 402 g/mol. The first kappa shape index (κ1) is 24.1. The van der Waals surface area contributed by atoms with Crippen LogP contribution in [0.15, 0.2) is 54.6 Å². The van der Waals surface area contributed by atoms with E-state index in [0.717, 1.165) is 6.04 Å². The zero-order valence-electron chi connectivity index (χ0n) is 19.2. The zero-order valence-corrected chi connectivity index (χ0v) is 20.0. The van der Waals surface area contributed by atoms with Crippen LogP contribution >= 0.6 is 12.4 Å². The molecule has 0 N–H and O–H groups in total. The summed E-state index contributed by atoms with van der Waals surface area (Å²) in [5.41, 5.74) is 4.36. The van der Waals surface area contributed by atoms with E-state index in [-0.39, 0.29) is 12.4 Å². The summed E-state index contributed by atoms with van der Waals surface area (Å²) < 4.78 is 0. The Morgan fingerprint density at radius 2 is 1.39 bits per heavy atom. The van der Waals surface area contributed by atoms with Crippen molar-refractivity contribution < 1.29 is 0 Å². The van der Waals surface area contributed by atoms with Crippen molar-refractivity contribution in [2.24, 2.45) is 0 Å². The molecule has 2 heterocycles. The molecule has 31 heavy (non-hydrogen) atoms. The molecule has 2 aromatic carbocycles. The molecule has 2 aliphatic rings. The van der Waals surface area contributed by atoms with Crippen molar-refractivity contribution in [2.75, 3.05) is 50.7 Å². The van der Waals surface area contributed by atoms with Gasteiger partial charge in [0, 0.05) is 44.5 Å². The maximum Gasteiger partial charge on any atom is 0.0367 e. The van der Waals surface area contributed by atoms with Crippen LogP contribution < -0.4 is 4.90 Å². The second kappa shape index (κ2) is 12.5. The molecule has 0 aliphatic carbocycles. The van der Waals surface area contributed by atoms with Crippen LogP contribution in [0.25, 0.3) is 0 Å². The van der Waals surface area contributed by atoms with Gasteiger partial charge in [-0.3, -0.25) is 4.90 Å². The highest BCUT2D eigenvalue weighted by atomic mass is 35.5. The summed E-state index contributed by atoms with van der Waals surface area (Å²) in [4.78, 5) is 8.01. The van der Waals surface area contributed by atoms with Crippen molar-refractivity contribution in [3.05, 3.63) is 65.7 Å². The van der Waals surface area contributed by atoms with Gasteiger partial charge in [-0.25, -0.2) is 0 Å². The van der Waals surface area contributed by atoms with Crippen LogP contribution in [0.5, 0.6) is 0 Å². The summed E-state index contributed by atoms with van der Waals surface area (Å²) in [5.74, 6) is 0. The van der Waals surface area contributed by atoms with Crippen molar-refractivity contribution in [1.82, 2.24) is 9.80 Å². The Morgan fingerprint density at radius 3 is 2.03 bits per heavy atom. The van der Waals surface area contributed by atoms with Crippen LogP contribution in [0.3, 0.4) is 0 Å². The largest absolute Gasteiger partial charge is 0.369 e. The van der Waals surface area contributed by atoms with E-state index in [4.69, 9.17) is 0 Å². The highest BCUT2D eigenvalue weighted by Crippen LogP contribution is 2.22. The lowest BCUT2D eigenvalue weighted by Gasteiger charge is -2.43. The first-order chi connectivity index (χ1) is 14.8. The van der Waals surface area contributed by atoms with Crippen LogP contribution in [0.4, 0.5) is 5.69 Å². The molecule has 2 fully saturated rings. The molecule has 0 bridgehead atoms. The molecule has 170 valence electrons. The fourth-order valence-corrected chi connectivity index (χ4v) is 5.04. The second-order valence-corrected chi connectivity index (χ2v) is 9.10. The van der Waals surface area contributed by atoms with Gasteiger partial charge in [0.05, 0.1) is 0 Å². The number of piperazine rings is 1. The number of benzene rings is 2. The lowest BCUT2D eigenvalue weighted by molar-refractivity contribution is 0.104. The predicted octanol–water partition coefficient (Wildman–Crippen LogP) is 5.28. The molecule has 0 spiro atoms. The Hall–Kier alpha value is -1.55. The normalized spacial score (nSPS) is 18.7. The predicted molar refractivity (Wildman–Crippen MR) is 136 cm³/mol. The molecule has 0 radical (unpaired) electrons. The highest BCUT2D eigenvalue weighted by molar-refractivity contribution is 5.85. The summed E-state index contributed by atoms with van der Waals surface area (Å²) in [6.07, 6.45) is 7.64. The van der Waals surface area contributed by atoms with Gasteiger partial charge in [0.1, 0.15) is 0 Å². The minimum absolute atomic E-state index is 0. The summed E-state index contributed by atoms with van der Waals surface area (Å²) in [7, 11) is 0. The van der Waals surface area contributed by atoms with Gasteiger partial charge in [-0.1, -0.05) is 55.8 Å². The van der Waals surface area contributed by atoms with Gasteiger partial charge in [-0.05, 0) is 68.5 Å². The summed E-state index contributed by atoms with van der Waals surface area (Å²) in [6, 6.07) is 21.1. The van der Waals surface area contributed by atoms with E-state index in [1.807, 2.05) is 0 Å². The third-order valence-corrected chi connectivity index (χ3v) is 7.07. The Labute approximate surface area is 195 Å². The highest BCUT2D eigenvalue weighted by Gasteiger charge is 2.27. The zero-order chi connectivity index (χ0) is 20.6. The Balaban J connectivity index is 0.00000272. The van der Waals surface area contributed by atoms with E-state index in [0.29, 0.717) is 0 Å². The molecular formula is C27H40ClN3. The molecule has 0 saturated carbocycles. The molecule has 0 atom stereocenters. The fraction of sp³-hybridized carbons (Fsp3) is 0.556. The quantitative estimate of drug-likeness (QED) is 0.551. The average Bonchev–Trinajstić information content (AvgIpc) is 2.83. The van der Waals surface area contributed by atoms with E-state index in [9.17, 15) is 0 Å². The fourth-order valence-electron chi connectivity index (χ4n) is 5.04. The van der Waals surface area contributed by atoms with Gasteiger partial charge in [0.15, 0.2) is 0 Å². The third kappa shape index (κ3) is 6.97. The van der Waals surface area contributed by atoms with Gasteiger partial charge in [-0.2, -0.15) is 0 Å². The smallest absolute Gasteiger partial charge is 0.0367 e. The van der Waals surface area contributed by atoms with Crippen LogP contribution in [-0.2, 0) is 12.8 Å². The Bertz CT molecular complexity index is 733. The first-order valence-electron chi connectivity index (χ1n) is 12.2. The van der Waals surface area contributed by atoms with E-state index < -0.39 is 0 Å². The molecule has 0 amide bonds. The first-order valence-corrected chi connectivity index (χ1v) is 12.2. The molecule has 2 aromatic rings. The second-order valence-electron chi connectivity index (χ2n) is 9.10. The van der Waals surface area contributed by atoms with Crippen LogP contribution in [-0.4, -0.2) is 61.7 Å². The number of rotatable bonds is 8. The van der Waals surface area contributed by atoms with Crippen molar-refractivity contribution in [3.8, 4) is 0 Å². The molecule has 2 saturated heterocycles. The minimum atomic E-state index is 0. The molecule has 2 aliphatic heterocycles. The molecule has 3 nitrogen and oxygen atoms in total. The third-order valence-electron chi connectivity index (χ3n) is 7.07. The van der Waals surface area contributed by atoms with E-state index in [1.54, 1.807) is 0 Å². The van der Waals surface area contributed by atoms with Gasteiger partial charge in [0.2, 0.25) is 0 Å². The Kier molecular flexibility index (Phi) is 9.70. The SMILES string of the molecule is CCCCc1ccc(N2CCN(C3CCN(CCc4ccccc4)CC3)CC2)cc1.Cl. The van der Waals surface area contributed by atoms with Crippen LogP contribution in [0.2, 0.25) is 0 Å². The Morgan fingerprint density at radius 1 is 0.742 bits per heavy atom. The molecule has 0 unspecified atom stereocenters. The molecule has 4 rings (SSSR count). The summed E-state index contributed by atoms with van der Waals surface area (Å²) in [5, 5.41) is 0. The minimum Gasteiger partial charge on any atom is -0.369 e. The number of nitrogens with zero attached hydrogens (tertiary/aromatic N) is 3. The monoisotopic (exact) mass is 441 g/mol. The number of hydrogen-bond donors (Lipinski definition) is 0. The summed E-state index contributed by atoms with van der Waals surface area (Å²) in [6.45, 7) is 10.8. The van der Waals surface area contributed by atoms with Crippen molar-refractivity contribution in [3.63, 3.8) is 0 Å². The number of hydrogen-bond acceptors (Lipinski definition) is 3. The van der Waals surface area contributed by atoms with Crippen molar-refractivity contribution in [1.29, 1.82) is 0 Å². The lowest BCUT2D eigenvalue weighted by Crippen LogP contribution is -2.53. The van der Waals surface area contributed by atoms with Gasteiger partial charge < -0.3 is 9.80 Å². The van der Waals surface area contributed by atoms with Gasteiger partial charge >= 0.3 is 0 Å². The number of aryl methyl sites for hydroxylation is 1. The molecule has 4 heteroatoms. The van der Waals surface area contributed by atoms with E-state index in [1.165, 1.54) is 101 Å². The standard InChI is InChI=1S/C27H39N3.ClH/c1-2-3-7-25-10-12-26(13-11-25)29-20-22-30(23-21-29)27-15-18-28(19-16-27)17-14-24-8-5-4-6-9-24;/h4-6,8-13,27H,2-3,7,14-23H2,1H3;1H. The van der Waals surface area contributed by atoms with E-state index in [2.05, 4.69) is 76.2 Å². The number of piperidine rings is 1. The summed E-state index contributed by atoms with van der Waals surface area (Å²) >= 11 is 0. The lowest BCUT2D eigenvalue weighted by atomic mass is 10.0. The van der Waals surface area contributed by atoms with Crippen LogP contribution in [0.1, 0.15) is 43.7 Å².